The number of rotatable bonds is 7. The van der Waals surface area contributed by atoms with E-state index in [2.05, 4.69) is 26.6 Å². The Morgan fingerprint density at radius 2 is 2.15 bits per heavy atom. The number of nitrogens with zero attached hydrogens (tertiary/aromatic N) is 6. The number of thioether (sulfide) groups is 1. The van der Waals surface area contributed by atoms with Gasteiger partial charge in [-0.1, -0.05) is 23.1 Å². The lowest BCUT2D eigenvalue weighted by Crippen LogP contribution is -2.49. The van der Waals surface area contributed by atoms with Gasteiger partial charge in [0.05, 0.1) is 18.6 Å². The summed E-state index contributed by atoms with van der Waals surface area (Å²) < 4.78 is 16.4. The van der Waals surface area contributed by atoms with Crippen molar-refractivity contribution in [3.05, 3.63) is 24.1 Å². The van der Waals surface area contributed by atoms with Crippen LogP contribution in [0.2, 0.25) is 0 Å². The van der Waals surface area contributed by atoms with Crippen molar-refractivity contribution in [2.45, 2.75) is 11.3 Å². The number of hydrogen-bond donors (Lipinski definition) is 1. The van der Waals surface area contributed by atoms with E-state index in [4.69, 9.17) is 13.6 Å². The molecule has 172 valence electrons. The van der Waals surface area contributed by atoms with Crippen LogP contribution in [0.25, 0.3) is 11.7 Å². The minimum Gasteiger partial charge on any atom is -0.459 e. The maximum absolute atomic E-state index is 12.6. The Kier molecular flexibility index (Phi) is 7.10. The van der Waals surface area contributed by atoms with E-state index >= 15 is 0 Å². The highest BCUT2D eigenvalue weighted by molar-refractivity contribution is 8.01. The predicted octanol–water partition coefficient (Wildman–Crippen LogP) is 2.67. The van der Waals surface area contributed by atoms with Crippen LogP contribution in [0.5, 0.6) is 0 Å². The van der Waals surface area contributed by atoms with Crippen LogP contribution in [0, 0.1) is 11.3 Å². The fourth-order valence-corrected chi connectivity index (χ4v) is 4.69. The van der Waals surface area contributed by atoms with Gasteiger partial charge in [0.15, 0.2) is 10.1 Å². The Hall–Kier alpha value is -3.57. The van der Waals surface area contributed by atoms with Gasteiger partial charge in [-0.2, -0.15) is 10.2 Å². The fourth-order valence-electron chi connectivity index (χ4n) is 3.05. The monoisotopic (exact) mass is 489 g/mol. The first-order chi connectivity index (χ1) is 16.1. The molecule has 14 heteroatoms. The van der Waals surface area contributed by atoms with Gasteiger partial charge in [0.25, 0.3) is 5.89 Å². The van der Waals surface area contributed by atoms with E-state index in [1.165, 1.54) is 29.4 Å². The molecule has 0 atom stereocenters. The number of furan rings is 1. The first-order valence-corrected chi connectivity index (χ1v) is 11.7. The summed E-state index contributed by atoms with van der Waals surface area (Å²) in [5, 5.41) is 20.0. The van der Waals surface area contributed by atoms with Crippen LogP contribution in [0.4, 0.5) is 15.8 Å². The van der Waals surface area contributed by atoms with Gasteiger partial charge in [0, 0.05) is 26.2 Å². The van der Waals surface area contributed by atoms with E-state index < -0.39 is 6.09 Å². The van der Waals surface area contributed by atoms with Crippen LogP contribution in [0.15, 0.2) is 31.6 Å². The minimum atomic E-state index is -0.596. The molecule has 4 rings (SSSR count). The van der Waals surface area contributed by atoms with E-state index in [0.717, 1.165) is 0 Å². The largest absolute Gasteiger partial charge is 0.459 e. The van der Waals surface area contributed by atoms with Crippen molar-refractivity contribution >= 4 is 46.1 Å². The summed E-state index contributed by atoms with van der Waals surface area (Å²) >= 11 is 2.43. The summed E-state index contributed by atoms with van der Waals surface area (Å²) in [6.07, 6.45) is 0.911. The molecule has 1 N–H and O–H groups in total. The van der Waals surface area contributed by atoms with Gasteiger partial charge in [-0.15, -0.1) is 10.2 Å². The first kappa shape index (κ1) is 22.6. The van der Waals surface area contributed by atoms with Crippen molar-refractivity contribution in [1.82, 2.24) is 20.1 Å². The average molecular weight is 490 g/mol. The summed E-state index contributed by atoms with van der Waals surface area (Å²) in [6.45, 7) is 3.93. The Balaban J connectivity index is 1.28. The van der Waals surface area contributed by atoms with Gasteiger partial charge in [-0.25, -0.2) is 4.79 Å². The van der Waals surface area contributed by atoms with E-state index in [0.29, 0.717) is 47.3 Å². The number of oxazole rings is 1. The molecule has 0 radical (unpaired) electrons. The van der Waals surface area contributed by atoms with Crippen molar-refractivity contribution in [1.29, 1.82) is 5.26 Å². The second kappa shape index (κ2) is 10.4. The number of anilines is 2. The molecule has 0 saturated carbocycles. The van der Waals surface area contributed by atoms with E-state index in [9.17, 15) is 14.9 Å². The molecule has 0 aliphatic carbocycles. The summed E-state index contributed by atoms with van der Waals surface area (Å²) in [5.41, 5.74) is 0.181. The number of carbonyl (C=O) groups is 2. The molecule has 12 nitrogen and oxygen atoms in total. The highest BCUT2D eigenvalue weighted by Crippen LogP contribution is 2.29. The summed E-state index contributed by atoms with van der Waals surface area (Å²) in [5.74, 6) is 1.23. The average Bonchev–Trinajstić information content (AvgIpc) is 3.58. The second-order valence-electron chi connectivity index (χ2n) is 6.64. The number of nitriles is 1. The lowest BCUT2D eigenvalue weighted by molar-refractivity contribution is -0.128. The zero-order chi connectivity index (χ0) is 23.2. The highest BCUT2D eigenvalue weighted by Gasteiger charge is 2.27. The lowest BCUT2D eigenvalue weighted by Gasteiger charge is -2.34. The molecular formula is C19H19N7O5S2. The standard InChI is InChI=1S/C19H19N7O5S2/c1-2-29-18(28)22-17-23-24-19(33-17)32-11-14(27)25-5-7-26(8-6-25)16-12(10-20)21-15(31-16)13-4-3-9-30-13/h3-4,9H,2,5-8,11H2,1H3,(H,22,23,28). The summed E-state index contributed by atoms with van der Waals surface area (Å²) in [6, 6.07) is 5.47. The molecule has 0 bridgehead atoms. The number of piperazine rings is 1. The van der Waals surface area contributed by atoms with Crippen molar-refractivity contribution < 1.29 is 23.2 Å². The fraction of sp³-hybridized carbons (Fsp3) is 0.368. The van der Waals surface area contributed by atoms with Gasteiger partial charge in [-0.05, 0) is 19.1 Å². The Morgan fingerprint density at radius 3 is 2.85 bits per heavy atom. The minimum absolute atomic E-state index is 0.0379. The van der Waals surface area contributed by atoms with Crippen LogP contribution in [-0.2, 0) is 9.53 Å². The maximum atomic E-state index is 12.6. The molecule has 33 heavy (non-hydrogen) atoms. The van der Waals surface area contributed by atoms with E-state index in [-0.39, 0.29) is 29.9 Å². The van der Waals surface area contributed by atoms with Gasteiger partial charge in [-0.3, -0.25) is 10.1 Å². The number of amides is 2. The molecule has 1 aliphatic rings. The van der Waals surface area contributed by atoms with E-state index in [1.54, 1.807) is 24.0 Å². The molecular weight excluding hydrogens is 470 g/mol. The Morgan fingerprint density at radius 1 is 1.33 bits per heavy atom. The van der Waals surface area contributed by atoms with Crippen LogP contribution in [0.1, 0.15) is 12.6 Å². The van der Waals surface area contributed by atoms with E-state index in [1.807, 2.05) is 4.90 Å². The molecule has 1 aliphatic heterocycles. The molecule has 4 heterocycles. The molecule has 3 aromatic rings. The molecule has 2 amide bonds. The van der Waals surface area contributed by atoms with Gasteiger partial charge < -0.3 is 23.4 Å². The van der Waals surface area contributed by atoms with Gasteiger partial charge >= 0.3 is 6.09 Å². The topological polar surface area (TPSA) is 151 Å². The number of nitrogens with one attached hydrogen (secondary N) is 1. The SMILES string of the molecule is CCOC(=O)Nc1nnc(SCC(=O)N2CCN(c3oc(-c4ccco4)nc3C#N)CC2)s1. The Labute approximate surface area is 196 Å². The third-order valence-corrected chi connectivity index (χ3v) is 6.53. The normalized spacial score (nSPS) is 13.6. The number of ether oxygens (including phenoxy) is 1. The lowest BCUT2D eigenvalue weighted by atomic mass is 10.3. The molecule has 0 aromatic carbocycles. The van der Waals surface area contributed by atoms with Crippen LogP contribution in [0.3, 0.4) is 0 Å². The third-order valence-electron chi connectivity index (χ3n) is 4.58. The Bertz CT molecular complexity index is 1150. The van der Waals surface area contributed by atoms with Crippen LogP contribution in [-0.4, -0.2) is 70.6 Å². The quantitative estimate of drug-likeness (QED) is 0.385. The van der Waals surface area contributed by atoms with Crippen molar-refractivity contribution in [2.75, 3.05) is 48.8 Å². The smallest absolute Gasteiger partial charge is 0.413 e. The van der Waals surface area contributed by atoms with Crippen molar-refractivity contribution in [3.63, 3.8) is 0 Å². The summed E-state index contributed by atoms with van der Waals surface area (Å²) in [4.78, 5) is 31.9. The highest BCUT2D eigenvalue weighted by atomic mass is 32.2. The molecule has 1 saturated heterocycles. The van der Waals surface area contributed by atoms with Gasteiger partial charge in [0.1, 0.15) is 6.07 Å². The third kappa shape index (κ3) is 5.44. The zero-order valence-electron chi connectivity index (χ0n) is 17.5. The first-order valence-electron chi connectivity index (χ1n) is 9.95. The van der Waals surface area contributed by atoms with Crippen LogP contribution >= 0.6 is 23.1 Å². The molecule has 0 spiro atoms. The molecule has 0 unspecified atom stereocenters. The maximum Gasteiger partial charge on any atom is 0.413 e. The van der Waals surface area contributed by atoms with Crippen molar-refractivity contribution in [3.8, 4) is 17.7 Å². The predicted molar refractivity (Wildman–Crippen MR) is 119 cm³/mol. The molecule has 1 fully saturated rings. The van der Waals surface area contributed by atoms with Crippen molar-refractivity contribution in [2.24, 2.45) is 0 Å². The number of carbonyl (C=O) groups excluding carboxylic acids is 2. The van der Waals surface area contributed by atoms with Crippen LogP contribution < -0.4 is 10.2 Å². The second-order valence-corrected chi connectivity index (χ2v) is 8.84. The number of hydrogen-bond acceptors (Lipinski definition) is 12. The molecule has 3 aromatic heterocycles. The number of aromatic nitrogens is 3. The zero-order valence-corrected chi connectivity index (χ0v) is 19.1. The summed E-state index contributed by atoms with van der Waals surface area (Å²) in [7, 11) is 0. The van der Waals surface area contributed by atoms with Gasteiger partial charge in [0.2, 0.25) is 22.6 Å².